The SMILES string of the molecule is Cc1ccc(CN2CCc3c(c(O)c4n3CCN(Cc3cccnc3)C4=O)C2=O)cc1Cl. The molecule has 0 spiro atoms. The first-order valence-corrected chi connectivity index (χ1v) is 11.0. The number of benzene rings is 1. The number of pyridine rings is 1. The number of carbonyl (C=O) groups excluding carboxylic acids is 2. The molecular formula is C24H23ClN4O3. The van der Waals surface area contributed by atoms with Gasteiger partial charge in [-0.25, -0.2) is 0 Å². The van der Waals surface area contributed by atoms with Crippen molar-refractivity contribution in [3.63, 3.8) is 0 Å². The van der Waals surface area contributed by atoms with Gasteiger partial charge in [-0.1, -0.05) is 29.8 Å². The van der Waals surface area contributed by atoms with Gasteiger partial charge in [0.1, 0.15) is 5.56 Å². The Kier molecular flexibility index (Phi) is 5.13. The van der Waals surface area contributed by atoms with Gasteiger partial charge in [0.2, 0.25) is 0 Å². The van der Waals surface area contributed by atoms with Crippen molar-refractivity contribution in [3.8, 4) is 5.75 Å². The molecule has 1 aromatic carbocycles. The van der Waals surface area contributed by atoms with Gasteiger partial charge in [-0.2, -0.15) is 0 Å². The van der Waals surface area contributed by atoms with Gasteiger partial charge in [-0.3, -0.25) is 14.6 Å². The third kappa shape index (κ3) is 3.42. The van der Waals surface area contributed by atoms with Crippen LogP contribution < -0.4 is 0 Å². The first kappa shape index (κ1) is 20.6. The van der Waals surface area contributed by atoms with Crippen LogP contribution in [0, 0.1) is 6.92 Å². The maximum atomic E-state index is 13.3. The molecule has 0 atom stereocenters. The lowest BCUT2D eigenvalue weighted by Crippen LogP contribution is -2.41. The summed E-state index contributed by atoms with van der Waals surface area (Å²) in [6, 6.07) is 9.49. The highest BCUT2D eigenvalue weighted by Gasteiger charge is 2.39. The number of rotatable bonds is 4. The van der Waals surface area contributed by atoms with Crippen molar-refractivity contribution < 1.29 is 14.7 Å². The van der Waals surface area contributed by atoms with E-state index in [2.05, 4.69) is 4.98 Å². The van der Waals surface area contributed by atoms with Crippen LogP contribution in [0.1, 0.15) is 43.2 Å². The van der Waals surface area contributed by atoms with Gasteiger partial charge >= 0.3 is 0 Å². The second-order valence-corrected chi connectivity index (χ2v) is 8.73. The molecule has 164 valence electrons. The fourth-order valence-corrected chi connectivity index (χ4v) is 4.75. The molecule has 2 aromatic heterocycles. The summed E-state index contributed by atoms with van der Waals surface area (Å²) < 4.78 is 1.82. The molecule has 5 rings (SSSR count). The number of aryl methyl sites for hydroxylation is 1. The average molecular weight is 451 g/mol. The lowest BCUT2D eigenvalue weighted by molar-refractivity contribution is 0.0680. The van der Waals surface area contributed by atoms with Gasteiger partial charge in [-0.05, 0) is 35.7 Å². The van der Waals surface area contributed by atoms with E-state index in [1.165, 1.54) is 0 Å². The van der Waals surface area contributed by atoms with Crippen LogP contribution in [0.3, 0.4) is 0 Å². The molecule has 0 saturated heterocycles. The van der Waals surface area contributed by atoms with Crippen molar-refractivity contribution in [2.45, 2.75) is 33.0 Å². The minimum atomic E-state index is -0.267. The third-order valence-electron chi connectivity index (χ3n) is 6.25. The van der Waals surface area contributed by atoms with Gasteiger partial charge < -0.3 is 19.5 Å². The zero-order valence-corrected chi connectivity index (χ0v) is 18.5. The smallest absolute Gasteiger partial charge is 0.274 e. The van der Waals surface area contributed by atoms with Crippen molar-refractivity contribution in [1.82, 2.24) is 19.4 Å². The van der Waals surface area contributed by atoms with Crippen LogP contribution in [0.15, 0.2) is 42.7 Å². The zero-order valence-electron chi connectivity index (χ0n) is 17.7. The number of halogens is 1. The lowest BCUT2D eigenvalue weighted by atomic mass is 10.0. The second-order valence-electron chi connectivity index (χ2n) is 8.32. The number of amides is 2. The predicted octanol–water partition coefficient (Wildman–Crippen LogP) is 3.41. The number of fused-ring (bicyclic) bond motifs is 3. The quantitative estimate of drug-likeness (QED) is 0.660. The number of carbonyl (C=O) groups is 2. The molecule has 3 aromatic rings. The molecule has 32 heavy (non-hydrogen) atoms. The monoisotopic (exact) mass is 450 g/mol. The third-order valence-corrected chi connectivity index (χ3v) is 6.66. The van der Waals surface area contributed by atoms with E-state index in [0.29, 0.717) is 44.2 Å². The highest BCUT2D eigenvalue weighted by molar-refractivity contribution is 6.31. The molecule has 0 unspecified atom stereocenters. The zero-order chi connectivity index (χ0) is 22.4. The minimum Gasteiger partial charge on any atom is -0.505 e. The van der Waals surface area contributed by atoms with Crippen molar-refractivity contribution >= 4 is 23.4 Å². The Morgan fingerprint density at radius 2 is 1.81 bits per heavy atom. The average Bonchev–Trinajstić information content (AvgIpc) is 3.08. The summed E-state index contributed by atoms with van der Waals surface area (Å²) in [4.78, 5) is 34.0. The topological polar surface area (TPSA) is 78.7 Å². The van der Waals surface area contributed by atoms with Gasteiger partial charge in [-0.15, -0.1) is 0 Å². The van der Waals surface area contributed by atoms with E-state index in [1.807, 2.05) is 41.8 Å². The van der Waals surface area contributed by atoms with E-state index < -0.39 is 0 Å². The van der Waals surface area contributed by atoms with Crippen LogP contribution in [0.5, 0.6) is 5.75 Å². The maximum absolute atomic E-state index is 13.3. The van der Waals surface area contributed by atoms with Crippen LogP contribution in [0.4, 0.5) is 0 Å². The highest BCUT2D eigenvalue weighted by atomic mass is 35.5. The van der Waals surface area contributed by atoms with Gasteiger partial charge in [0.25, 0.3) is 11.8 Å². The van der Waals surface area contributed by atoms with E-state index in [1.54, 1.807) is 22.2 Å². The largest absolute Gasteiger partial charge is 0.505 e. The molecule has 2 aliphatic rings. The summed E-state index contributed by atoms with van der Waals surface area (Å²) in [5, 5.41) is 11.6. The molecule has 0 fully saturated rings. The van der Waals surface area contributed by atoms with Crippen LogP contribution in [-0.4, -0.2) is 49.4 Å². The molecule has 1 N–H and O–H groups in total. The second kappa shape index (κ2) is 7.98. The van der Waals surface area contributed by atoms with Crippen molar-refractivity contribution in [1.29, 1.82) is 0 Å². The van der Waals surface area contributed by atoms with Crippen molar-refractivity contribution in [2.24, 2.45) is 0 Å². The number of hydrogen-bond acceptors (Lipinski definition) is 4. The van der Waals surface area contributed by atoms with E-state index >= 15 is 0 Å². The highest BCUT2D eigenvalue weighted by Crippen LogP contribution is 2.37. The molecule has 8 heteroatoms. The molecule has 0 bridgehead atoms. The first-order valence-electron chi connectivity index (χ1n) is 10.6. The maximum Gasteiger partial charge on any atom is 0.274 e. The Labute approximate surface area is 190 Å². The molecule has 0 radical (unpaired) electrons. The summed E-state index contributed by atoms with van der Waals surface area (Å²) >= 11 is 6.24. The number of aromatic nitrogens is 2. The van der Waals surface area contributed by atoms with E-state index in [4.69, 9.17) is 11.6 Å². The normalized spacial score (nSPS) is 15.7. The Morgan fingerprint density at radius 3 is 2.56 bits per heavy atom. The number of aromatic hydroxyl groups is 1. The summed E-state index contributed by atoms with van der Waals surface area (Å²) in [5.41, 5.74) is 4.04. The Balaban J connectivity index is 1.42. The van der Waals surface area contributed by atoms with Crippen LogP contribution in [0.25, 0.3) is 0 Å². The summed E-state index contributed by atoms with van der Waals surface area (Å²) in [6.07, 6.45) is 4.00. The Hall–Kier alpha value is -3.32. The van der Waals surface area contributed by atoms with E-state index in [0.717, 1.165) is 22.4 Å². The molecule has 0 saturated carbocycles. The molecule has 7 nitrogen and oxygen atoms in total. The van der Waals surface area contributed by atoms with Crippen LogP contribution in [0.2, 0.25) is 5.02 Å². The minimum absolute atomic E-state index is 0.207. The number of nitrogens with zero attached hydrogens (tertiary/aromatic N) is 4. The molecule has 2 aliphatic heterocycles. The van der Waals surface area contributed by atoms with Gasteiger partial charge in [0.05, 0.1) is 0 Å². The summed E-state index contributed by atoms with van der Waals surface area (Å²) in [6.45, 7) is 4.33. The predicted molar refractivity (Wildman–Crippen MR) is 120 cm³/mol. The Bertz CT molecular complexity index is 1220. The molecule has 2 amide bonds. The van der Waals surface area contributed by atoms with E-state index in [9.17, 15) is 14.7 Å². The standard InChI is InChI=1S/C24H23ClN4O3/c1-15-4-5-16(11-18(15)25)13-27-8-6-19-20(23(27)31)22(30)21-24(32)28(9-10-29(19)21)14-17-3-2-7-26-12-17/h2-5,7,11-12,30H,6,8-10,13-14H2,1H3. The molecule has 0 aliphatic carbocycles. The van der Waals surface area contributed by atoms with Gasteiger partial charge in [0, 0.05) is 62.3 Å². The summed E-state index contributed by atoms with van der Waals surface area (Å²) in [7, 11) is 0. The van der Waals surface area contributed by atoms with Crippen molar-refractivity contribution in [2.75, 3.05) is 13.1 Å². The van der Waals surface area contributed by atoms with Crippen LogP contribution >= 0.6 is 11.6 Å². The van der Waals surface area contributed by atoms with E-state index in [-0.39, 0.29) is 28.8 Å². The fourth-order valence-electron chi connectivity index (χ4n) is 4.54. The van der Waals surface area contributed by atoms with Crippen LogP contribution in [-0.2, 0) is 26.1 Å². The first-order chi connectivity index (χ1) is 15.4. The molecule has 4 heterocycles. The molecular weight excluding hydrogens is 428 g/mol. The fraction of sp³-hybridized carbons (Fsp3) is 0.292. The van der Waals surface area contributed by atoms with Crippen molar-refractivity contribution in [3.05, 3.63) is 81.4 Å². The number of hydrogen-bond donors (Lipinski definition) is 1. The summed E-state index contributed by atoms with van der Waals surface area (Å²) in [5.74, 6) is -0.733. The Morgan fingerprint density at radius 1 is 1.03 bits per heavy atom. The van der Waals surface area contributed by atoms with Gasteiger partial charge in [0.15, 0.2) is 11.4 Å². The lowest BCUT2D eigenvalue weighted by Gasteiger charge is -2.31.